The van der Waals surface area contributed by atoms with Gasteiger partial charge in [-0.2, -0.15) is 0 Å². The molecule has 2 saturated carbocycles. The maximum atomic E-state index is 12.1. The molecule has 0 saturated heterocycles. The first-order valence-electron chi connectivity index (χ1n) is 6.41. The molecule has 2 fully saturated rings. The number of carbonyl (C=O) groups excluding carboxylic acids is 1. The molecule has 0 heterocycles. The molecule has 1 aromatic carbocycles. The molecule has 2 aliphatic rings. The zero-order chi connectivity index (χ0) is 13.6. The van der Waals surface area contributed by atoms with Gasteiger partial charge in [0.05, 0.1) is 16.3 Å². The fraction of sp³-hybridized carbons (Fsp3) is 0.429. The summed E-state index contributed by atoms with van der Waals surface area (Å²) in [4.78, 5) is 22.9. The van der Waals surface area contributed by atoms with Crippen LogP contribution in [0.4, 0.5) is 5.69 Å². The van der Waals surface area contributed by atoms with Gasteiger partial charge < -0.3 is 10.4 Å². The minimum Gasteiger partial charge on any atom is -0.478 e. The summed E-state index contributed by atoms with van der Waals surface area (Å²) in [6, 6.07) is 4.34. The standard InChI is InChI=1S/C14H14ClNO3/c15-10-6-7(14(18)19)4-5-11(10)16-13(17)12-8-2-1-3-9(8)12/h4-6,8-9,12H,1-3H2,(H,16,17)(H,18,19). The Hall–Kier alpha value is -1.55. The maximum Gasteiger partial charge on any atom is 0.335 e. The van der Waals surface area contributed by atoms with Gasteiger partial charge in [-0.25, -0.2) is 4.79 Å². The van der Waals surface area contributed by atoms with E-state index in [0.717, 1.165) is 12.8 Å². The monoisotopic (exact) mass is 279 g/mol. The molecule has 0 radical (unpaired) electrons. The van der Waals surface area contributed by atoms with Crippen molar-refractivity contribution in [2.45, 2.75) is 19.3 Å². The lowest BCUT2D eigenvalue weighted by Crippen LogP contribution is -2.17. The van der Waals surface area contributed by atoms with E-state index < -0.39 is 5.97 Å². The molecule has 0 aromatic heterocycles. The molecule has 2 atom stereocenters. The fourth-order valence-corrected chi connectivity index (χ4v) is 3.40. The number of carboxylic acid groups (broad SMARTS) is 1. The molecule has 5 heteroatoms. The van der Waals surface area contributed by atoms with Crippen LogP contribution in [0.15, 0.2) is 18.2 Å². The number of hydrogen-bond acceptors (Lipinski definition) is 2. The number of benzene rings is 1. The molecule has 3 rings (SSSR count). The van der Waals surface area contributed by atoms with Gasteiger partial charge >= 0.3 is 5.97 Å². The second-order valence-corrected chi connectivity index (χ2v) is 5.68. The topological polar surface area (TPSA) is 66.4 Å². The number of aromatic carboxylic acids is 1. The van der Waals surface area contributed by atoms with Gasteiger partial charge in [-0.3, -0.25) is 4.79 Å². The number of anilines is 1. The van der Waals surface area contributed by atoms with Gasteiger partial charge in [0.25, 0.3) is 0 Å². The van der Waals surface area contributed by atoms with Crippen molar-refractivity contribution >= 4 is 29.2 Å². The Labute approximate surface area is 115 Å². The van der Waals surface area contributed by atoms with Crippen LogP contribution in [0.25, 0.3) is 0 Å². The molecular weight excluding hydrogens is 266 g/mol. The van der Waals surface area contributed by atoms with Crippen molar-refractivity contribution in [1.82, 2.24) is 0 Å². The number of carboxylic acids is 1. The number of carbonyl (C=O) groups is 2. The van der Waals surface area contributed by atoms with Crippen molar-refractivity contribution in [3.63, 3.8) is 0 Å². The zero-order valence-electron chi connectivity index (χ0n) is 10.2. The average Bonchev–Trinajstić information content (AvgIpc) is 2.85. The molecule has 19 heavy (non-hydrogen) atoms. The summed E-state index contributed by atoms with van der Waals surface area (Å²) in [6.07, 6.45) is 3.52. The van der Waals surface area contributed by atoms with Gasteiger partial charge in [-0.05, 0) is 42.9 Å². The minimum atomic E-state index is -1.03. The van der Waals surface area contributed by atoms with Crippen LogP contribution in [0.2, 0.25) is 5.02 Å². The van der Waals surface area contributed by atoms with Gasteiger partial charge in [0, 0.05) is 5.92 Å². The summed E-state index contributed by atoms with van der Waals surface area (Å²) < 4.78 is 0. The average molecular weight is 280 g/mol. The first kappa shape index (κ1) is 12.5. The maximum absolute atomic E-state index is 12.1. The molecule has 2 aliphatic carbocycles. The highest BCUT2D eigenvalue weighted by molar-refractivity contribution is 6.34. The van der Waals surface area contributed by atoms with Crippen LogP contribution in [0.1, 0.15) is 29.6 Å². The van der Waals surface area contributed by atoms with Crippen molar-refractivity contribution in [1.29, 1.82) is 0 Å². The van der Waals surface area contributed by atoms with Gasteiger partial charge in [-0.1, -0.05) is 18.0 Å². The smallest absolute Gasteiger partial charge is 0.335 e. The minimum absolute atomic E-state index is 0.0136. The molecule has 4 nitrogen and oxygen atoms in total. The third-order valence-electron chi connectivity index (χ3n) is 4.18. The number of fused-ring (bicyclic) bond motifs is 1. The summed E-state index contributed by atoms with van der Waals surface area (Å²) >= 11 is 5.99. The van der Waals surface area contributed by atoms with E-state index in [1.54, 1.807) is 6.07 Å². The Morgan fingerprint density at radius 3 is 2.53 bits per heavy atom. The number of rotatable bonds is 3. The van der Waals surface area contributed by atoms with E-state index in [1.807, 2.05) is 0 Å². The summed E-state index contributed by atoms with van der Waals surface area (Å²) in [6.45, 7) is 0. The van der Waals surface area contributed by atoms with E-state index in [9.17, 15) is 9.59 Å². The first-order chi connectivity index (χ1) is 9.08. The Kier molecular flexibility index (Phi) is 2.97. The molecule has 0 spiro atoms. The third kappa shape index (κ3) is 2.21. The molecule has 0 bridgehead atoms. The lowest BCUT2D eigenvalue weighted by Gasteiger charge is -2.09. The number of nitrogens with one attached hydrogen (secondary N) is 1. The number of halogens is 1. The van der Waals surface area contributed by atoms with E-state index >= 15 is 0 Å². The molecule has 0 aliphatic heterocycles. The quantitative estimate of drug-likeness (QED) is 0.894. The number of hydrogen-bond donors (Lipinski definition) is 2. The van der Waals surface area contributed by atoms with E-state index in [-0.39, 0.29) is 22.4 Å². The molecular formula is C14H14ClNO3. The third-order valence-corrected chi connectivity index (χ3v) is 4.50. The van der Waals surface area contributed by atoms with Crippen molar-refractivity contribution < 1.29 is 14.7 Å². The Morgan fingerprint density at radius 2 is 1.95 bits per heavy atom. The van der Waals surface area contributed by atoms with Crippen LogP contribution in [0.5, 0.6) is 0 Å². The summed E-state index contributed by atoms with van der Waals surface area (Å²) in [5, 5.41) is 11.9. The van der Waals surface area contributed by atoms with Crippen molar-refractivity contribution in [3.8, 4) is 0 Å². The second kappa shape index (κ2) is 4.53. The summed E-state index contributed by atoms with van der Waals surface area (Å²) in [5.74, 6) is 0.217. The highest BCUT2D eigenvalue weighted by Crippen LogP contribution is 2.57. The van der Waals surface area contributed by atoms with Gasteiger partial charge in [0.15, 0.2) is 0 Å². The van der Waals surface area contributed by atoms with Crippen molar-refractivity contribution in [3.05, 3.63) is 28.8 Å². The van der Waals surface area contributed by atoms with Crippen LogP contribution >= 0.6 is 11.6 Å². The highest BCUT2D eigenvalue weighted by Gasteiger charge is 2.56. The molecule has 100 valence electrons. The van der Waals surface area contributed by atoms with Crippen molar-refractivity contribution in [2.75, 3.05) is 5.32 Å². The Morgan fingerprint density at radius 1 is 1.26 bits per heavy atom. The highest BCUT2D eigenvalue weighted by atomic mass is 35.5. The summed E-state index contributed by atoms with van der Waals surface area (Å²) in [7, 11) is 0. The molecule has 1 aromatic rings. The number of amides is 1. The first-order valence-corrected chi connectivity index (χ1v) is 6.79. The van der Waals surface area contributed by atoms with Crippen LogP contribution in [-0.4, -0.2) is 17.0 Å². The van der Waals surface area contributed by atoms with Crippen LogP contribution in [0.3, 0.4) is 0 Å². The van der Waals surface area contributed by atoms with Gasteiger partial charge in [0.2, 0.25) is 5.91 Å². The second-order valence-electron chi connectivity index (χ2n) is 5.27. The van der Waals surface area contributed by atoms with E-state index in [0.29, 0.717) is 17.5 Å². The lowest BCUT2D eigenvalue weighted by molar-refractivity contribution is -0.118. The van der Waals surface area contributed by atoms with E-state index in [1.165, 1.54) is 18.6 Å². The Balaban J connectivity index is 1.70. The van der Waals surface area contributed by atoms with Crippen LogP contribution in [0, 0.1) is 17.8 Å². The van der Waals surface area contributed by atoms with Crippen LogP contribution in [-0.2, 0) is 4.79 Å². The van der Waals surface area contributed by atoms with Crippen molar-refractivity contribution in [2.24, 2.45) is 17.8 Å². The molecule has 1 amide bonds. The van der Waals surface area contributed by atoms with E-state index in [4.69, 9.17) is 16.7 Å². The largest absolute Gasteiger partial charge is 0.478 e. The molecule has 2 unspecified atom stereocenters. The van der Waals surface area contributed by atoms with Gasteiger partial charge in [-0.15, -0.1) is 0 Å². The normalized spacial score (nSPS) is 27.7. The Bertz CT molecular complexity index is 548. The summed E-state index contributed by atoms with van der Waals surface area (Å²) in [5.41, 5.74) is 0.605. The fourth-order valence-electron chi connectivity index (χ4n) is 3.18. The lowest BCUT2D eigenvalue weighted by atomic mass is 10.1. The SMILES string of the molecule is O=C(O)c1ccc(NC(=O)C2C3CCCC32)c(Cl)c1. The molecule has 2 N–H and O–H groups in total. The predicted molar refractivity (Wildman–Crippen MR) is 71.4 cm³/mol. The van der Waals surface area contributed by atoms with Crippen LogP contribution < -0.4 is 5.32 Å². The van der Waals surface area contributed by atoms with E-state index in [2.05, 4.69) is 5.32 Å². The predicted octanol–water partition coefficient (Wildman–Crippen LogP) is 3.02. The zero-order valence-corrected chi connectivity index (χ0v) is 11.0. The van der Waals surface area contributed by atoms with Gasteiger partial charge in [0.1, 0.15) is 0 Å².